The van der Waals surface area contributed by atoms with Crippen molar-refractivity contribution in [1.82, 2.24) is 0 Å². The first-order chi connectivity index (χ1) is 11.0. The van der Waals surface area contributed by atoms with Crippen molar-refractivity contribution in [3.05, 3.63) is 54.1 Å². The summed E-state index contributed by atoms with van der Waals surface area (Å²) in [6.45, 7) is 0.545. The number of sulfonamides is 1. The molecule has 0 aliphatic heterocycles. The van der Waals surface area contributed by atoms with Gasteiger partial charge in [-0.3, -0.25) is 0 Å². The first-order valence-corrected chi connectivity index (χ1v) is 9.65. The second-order valence-corrected chi connectivity index (χ2v) is 7.44. The SMILES string of the molecule is COc1cccc(CSCCOc2ccc(S(N)(=O)=O)cc2)c1. The third-order valence-corrected chi connectivity index (χ3v) is 4.97. The Labute approximate surface area is 140 Å². The molecular formula is C16H19NO4S2. The van der Waals surface area contributed by atoms with Crippen molar-refractivity contribution in [3.8, 4) is 11.5 Å². The molecule has 2 aromatic carbocycles. The summed E-state index contributed by atoms with van der Waals surface area (Å²) in [6.07, 6.45) is 0. The highest BCUT2D eigenvalue weighted by atomic mass is 32.2. The molecule has 2 aromatic rings. The molecule has 2 N–H and O–H groups in total. The number of benzene rings is 2. The van der Waals surface area contributed by atoms with Crippen molar-refractivity contribution >= 4 is 21.8 Å². The molecule has 0 aromatic heterocycles. The number of hydrogen-bond acceptors (Lipinski definition) is 5. The van der Waals surface area contributed by atoms with Gasteiger partial charge in [-0.1, -0.05) is 12.1 Å². The topological polar surface area (TPSA) is 78.6 Å². The quantitative estimate of drug-likeness (QED) is 0.738. The van der Waals surface area contributed by atoms with E-state index in [4.69, 9.17) is 14.6 Å². The van der Waals surface area contributed by atoms with E-state index in [-0.39, 0.29) is 4.90 Å². The van der Waals surface area contributed by atoms with E-state index < -0.39 is 10.0 Å². The van der Waals surface area contributed by atoms with Crippen LogP contribution in [0.3, 0.4) is 0 Å². The van der Waals surface area contributed by atoms with Gasteiger partial charge in [0.25, 0.3) is 0 Å². The van der Waals surface area contributed by atoms with Gasteiger partial charge in [-0.15, -0.1) is 0 Å². The van der Waals surface area contributed by atoms with E-state index in [9.17, 15) is 8.42 Å². The van der Waals surface area contributed by atoms with Crippen molar-refractivity contribution < 1.29 is 17.9 Å². The minimum Gasteiger partial charge on any atom is -0.497 e. The second kappa shape index (κ2) is 8.24. The van der Waals surface area contributed by atoms with Crippen LogP contribution in [0.25, 0.3) is 0 Å². The Balaban J connectivity index is 1.73. The molecule has 0 heterocycles. The third-order valence-electron chi connectivity index (χ3n) is 3.05. The zero-order valence-corrected chi connectivity index (χ0v) is 14.4. The Kier molecular flexibility index (Phi) is 6.32. The summed E-state index contributed by atoms with van der Waals surface area (Å²) in [7, 11) is -2.00. The highest BCUT2D eigenvalue weighted by molar-refractivity contribution is 7.98. The van der Waals surface area contributed by atoms with E-state index in [1.807, 2.05) is 18.2 Å². The standard InChI is InChI=1S/C16H19NO4S2/c1-20-15-4-2-3-13(11-15)12-22-10-9-21-14-5-7-16(8-6-14)23(17,18)19/h2-8,11H,9-10,12H2,1H3,(H2,17,18,19). The molecule has 5 nitrogen and oxygen atoms in total. The second-order valence-electron chi connectivity index (χ2n) is 4.77. The number of rotatable bonds is 8. The fourth-order valence-electron chi connectivity index (χ4n) is 1.90. The highest BCUT2D eigenvalue weighted by Gasteiger charge is 2.06. The van der Waals surface area contributed by atoms with Crippen LogP contribution in [0, 0.1) is 0 Å². The zero-order chi connectivity index (χ0) is 16.7. The average Bonchev–Trinajstić information content (AvgIpc) is 2.54. The molecule has 2 rings (SSSR count). The minimum absolute atomic E-state index is 0.0808. The molecule has 0 fully saturated rings. The predicted octanol–water partition coefficient (Wildman–Crippen LogP) is 2.65. The summed E-state index contributed by atoms with van der Waals surface area (Å²) in [4.78, 5) is 0.0808. The monoisotopic (exact) mass is 353 g/mol. The van der Waals surface area contributed by atoms with Crippen molar-refractivity contribution in [2.24, 2.45) is 5.14 Å². The van der Waals surface area contributed by atoms with Gasteiger partial charge >= 0.3 is 0 Å². The van der Waals surface area contributed by atoms with Gasteiger partial charge in [0, 0.05) is 11.5 Å². The number of thioether (sulfide) groups is 1. The molecular weight excluding hydrogens is 334 g/mol. The van der Waals surface area contributed by atoms with Gasteiger partial charge < -0.3 is 9.47 Å². The maximum Gasteiger partial charge on any atom is 0.238 e. The Morgan fingerprint density at radius 1 is 1.09 bits per heavy atom. The van der Waals surface area contributed by atoms with Gasteiger partial charge in [0.1, 0.15) is 11.5 Å². The van der Waals surface area contributed by atoms with Crippen LogP contribution in [0.5, 0.6) is 11.5 Å². The van der Waals surface area contributed by atoms with E-state index in [0.29, 0.717) is 12.4 Å². The molecule has 0 saturated carbocycles. The molecule has 0 spiro atoms. The lowest BCUT2D eigenvalue weighted by molar-refractivity contribution is 0.343. The first kappa shape index (κ1) is 17.7. The van der Waals surface area contributed by atoms with E-state index in [1.165, 1.54) is 17.7 Å². The molecule has 23 heavy (non-hydrogen) atoms. The molecule has 0 atom stereocenters. The maximum atomic E-state index is 11.1. The lowest BCUT2D eigenvalue weighted by atomic mass is 10.2. The number of nitrogens with two attached hydrogens (primary N) is 1. The molecule has 124 valence electrons. The Hall–Kier alpha value is -1.70. The average molecular weight is 353 g/mol. The van der Waals surface area contributed by atoms with Crippen molar-refractivity contribution in [3.63, 3.8) is 0 Å². The van der Waals surface area contributed by atoms with E-state index in [2.05, 4.69) is 6.07 Å². The summed E-state index contributed by atoms with van der Waals surface area (Å²) in [5.41, 5.74) is 1.20. The summed E-state index contributed by atoms with van der Waals surface area (Å²) >= 11 is 1.76. The molecule has 0 unspecified atom stereocenters. The normalized spacial score (nSPS) is 11.2. The molecule has 0 aliphatic rings. The van der Waals surface area contributed by atoms with Crippen LogP contribution in [-0.2, 0) is 15.8 Å². The smallest absolute Gasteiger partial charge is 0.238 e. The summed E-state index contributed by atoms with van der Waals surface area (Å²) in [6, 6.07) is 14.0. The molecule has 7 heteroatoms. The van der Waals surface area contributed by atoms with Crippen LogP contribution in [0.4, 0.5) is 0 Å². The third kappa shape index (κ3) is 5.78. The predicted molar refractivity (Wildman–Crippen MR) is 92.5 cm³/mol. The maximum absolute atomic E-state index is 11.1. The van der Waals surface area contributed by atoms with Gasteiger partial charge in [-0.2, -0.15) is 11.8 Å². The van der Waals surface area contributed by atoms with Gasteiger partial charge in [0.15, 0.2) is 0 Å². The van der Waals surface area contributed by atoms with Crippen LogP contribution in [-0.4, -0.2) is 27.9 Å². The Bertz CT molecular complexity index is 730. The number of ether oxygens (including phenoxy) is 2. The van der Waals surface area contributed by atoms with Gasteiger partial charge in [0.2, 0.25) is 10.0 Å². The van der Waals surface area contributed by atoms with Crippen LogP contribution in [0.1, 0.15) is 5.56 Å². The van der Waals surface area contributed by atoms with Gasteiger partial charge in [-0.25, -0.2) is 13.6 Å². The highest BCUT2D eigenvalue weighted by Crippen LogP contribution is 2.19. The summed E-state index contributed by atoms with van der Waals surface area (Å²) < 4.78 is 33.1. The molecule has 0 amide bonds. The van der Waals surface area contributed by atoms with Crippen LogP contribution in [0.15, 0.2) is 53.4 Å². The number of hydrogen-bond donors (Lipinski definition) is 1. The number of methoxy groups -OCH3 is 1. The Morgan fingerprint density at radius 3 is 2.48 bits per heavy atom. The largest absolute Gasteiger partial charge is 0.497 e. The van der Waals surface area contributed by atoms with Crippen molar-refractivity contribution in [2.75, 3.05) is 19.5 Å². The molecule has 0 saturated heterocycles. The van der Waals surface area contributed by atoms with Crippen molar-refractivity contribution in [2.45, 2.75) is 10.6 Å². The van der Waals surface area contributed by atoms with Crippen LogP contribution < -0.4 is 14.6 Å². The van der Waals surface area contributed by atoms with E-state index in [0.717, 1.165) is 17.3 Å². The van der Waals surface area contributed by atoms with Crippen LogP contribution >= 0.6 is 11.8 Å². The fourth-order valence-corrected chi connectivity index (χ4v) is 3.17. The van der Waals surface area contributed by atoms with E-state index in [1.54, 1.807) is 31.0 Å². The van der Waals surface area contributed by atoms with Crippen molar-refractivity contribution in [1.29, 1.82) is 0 Å². The summed E-state index contributed by atoms with van der Waals surface area (Å²) in [5.74, 6) is 3.19. The number of primary sulfonamides is 1. The fraction of sp³-hybridized carbons (Fsp3) is 0.250. The minimum atomic E-state index is -3.66. The van der Waals surface area contributed by atoms with Gasteiger partial charge in [-0.05, 0) is 42.0 Å². The molecule has 0 aliphatic carbocycles. The van der Waals surface area contributed by atoms with Gasteiger partial charge in [0.05, 0.1) is 18.6 Å². The van der Waals surface area contributed by atoms with Crippen LogP contribution in [0.2, 0.25) is 0 Å². The zero-order valence-electron chi connectivity index (χ0n) is 12.8. The van der Waals surface area contributed by atoms with E-state index >= 15 is 0 Å². The molecule has 0 radical (unpaired) electrons. The lowest BCUT2D eigenvalue weighted by Crippen LogP contribution is -2.11. The first-order valence-electron chi connectivity index (χ1n) is 6.95. The lowest BCUT2D eigenvalue weighted by Gasteiger charge is -2.07. The molecule has 0 bridgehead atoms. The summed E-state index contributed by atoms with van der Waals surface area (Å²) in [5, 5.41) is 5.04. The Morgan fingerprint density at radius 2 is 1.83 bits per heavy atom.